The summed E-state index contributed by atoms with van der Waals surface area (Å²) in [4.78, 5) is 12.3. The van der Waals surface area contributed by atoms with Crippen LogP contribution in [0.1, 0.15) is 40.8 Å². The molecule has 0 aliphatic carbocycles. The van der Waals surface area contributed by atoms with Gasteiger partial charge in [-0.3, -0.25) is 14.2 Å². The molecule has 0 atom stereocenters. The van der Waals surface area contributed by atoms with Crippen LogP contribution in [-0.2, 0) is 13.1 Å². The molecule has 0 saturated heterocycles. The van der Waals surface area contributed by atoms with Gasteiger partial charge in [0, 0.05) is 37.2 Å². The fraction of sp³-hybridized carbons (Fsp3) is 0.533. The molecule has 6 nitrogen and oxygen atoms in total. The number of aromatic nitrogens is 4. The van der Waals surface area contributed by atoms with Crippen molar-refractivity contribution in [3.05, 3.63) is 34.9 Å². The monoisotopic (exact) mass is 289 g/mol. The minimum atomic E-state index is -0.0399. The van der Waals surface area contributed by atoms with Gasteiger partial charge >= 0.3 is 0 Å². The highest BCUT2D eigenvalue weighted by Crippen LogP contribution is 2.12. The van der Waals surface area contributed by atoms with Gasteiger partial charge < -0.3 is 5.32 Å². The van der Waals surface area contributed by atoms with Crippen LogP contribution in [0.15, 0.2) is 12.3 Å². The van der Waals surface area contributed by atoms with Gasteiger partial charge in [-0.15, -0.1) is 0 Å². The van der Waals surface area contributed by atoms with E-state index in [9.17, 15) is 4.79 Å². The van der Waals surface area contributed by atoms with Crippen LogP contribution in [0, 0.1) is 20.8 Å². The summed E-state index contributed by atoms with van der Waals surface area (Å²) >= 11 is 0. The van der Waals surface area contributed by atoms with Crippen molar-refractivity contribution in [1.29, 1.82) is 0 Å². The number of nitrogens with one attached hydrogen (secondary N) is 1. The van der Waals surface area contributed by atoms with Crippen molar-refractivity contribution >= 4 is 5.91 Å². The van der Waals surface area contributed by atoms with Gasteiger partial charge in [0.25, 0.3) is 5.91 Å². The van der Waals surface area contributed by atoms with Crippen LogP contribution in [-0.4, -0.2) is 32.0 Å². The summed E-state index contributed by atoms with van der Waals surface area (Å²) < 4.78 is 3.80. The van der Waals surface area contributed by atoms with E-state index in [0.717, 1.165) is 36.6 Å². The van der Waals surface area contributed by atoms with Crippen LogP contribution in [0.3, 0.4) is 0 Å². The van der Waals surface area contributed by atoms with Crippen molar-refractivity contribution in [3.8, 4) is 0 Å². The summed E-state index contributed by atoms with van der Waals surface area (Å²) in [5.74, 6) is -0.0399. The Morgan fingerprint density at radius 2 is 2.05 bits per heavy atom. The average molecular weight is 289 g/mol. The van der Waals surface area contributed by atoms with E-state index in [4.69, 9.17) is 0 Å². The molecule has 2 heterocycles. The molecule has 0 bridgehead atoms. The number of aryl methyl sites for hydroxylation is 4. The predicted octanol–water partition coefficient (Wildman–Crippen LogP) is 1.84. The predicted molar refractivity (Wildman–Crippen MR) is 81.3 cm³/mol. The molecule has 0 aromatic carbocycles. The standard InChI is InChI=1S/C15H23N5O/c1-5-19-13(4)14(12(3)18-19)15(21)16-8-6-10-20-11(2)7-9-17-20/h7,9H,5-6,8,10H2,1-4H3,(H,16,21). The van der Waals surface area contributed by atoms with Gasteiger partial charge in [-0.05, 0) is 40.2 Å². The molecule has 2 aromatic heterocycles. The van der Waals surface area contributed by atoms with Gasteiger partial charge in [-0.2, -0.15) is 10.2 Å². The first-order chi connectivity index (χ1) is 10.0. The molecule has 21 heavy (non-hydrogen) atoms. The van der Waals surface area contributed by atoms with Crippen LogP contribution < -0.4 is 5.32 Å². The number of nitrogens with zero attached hydrogens (tertiary/aromatic N) is 4. The van der Waals surface area contributed by atoms with Crippen molar-refractivity contribution in [1.82, 2.24) is 24.9 Å². The molecule has 0 aliphatic rings. The zero-order valence-electron chi connectivity index (χ0n) is 13.2. The normalized spacial score (nSPS) is 10.9. The number of hydrogen-bond acceptors (Lipinski definition) is 3. The lowest BCUT2D eigenvalue weighted by atomic mass is 10.2. The van der Waals surface area contributed by atoms with Crippen molar-refractivity contribution in [2.45, 2.75) is 47.2 Å². The molecule has 1 amide bonds. The van der Waals surface area contributed by atoms with Crippen LogP contribution in [0.25, 0.3) is 0 Å². The maximum Gasteiger partial charge on any atom is 0.255 e. The molecule has 2 rings (SSSR count). The Morgan fingerprint density at radius 1 is 1.29 bits per heavy atom. The van der Waals surface area contributed by atoms with E-state index >= 15 is 0 Å². The second kappa shape index (κ2) is 6.56. The second-order valence-electron chi connectivity index (χ2n) is 5.17. The van der Waals surface area contributed by atoms with E-state index in [1.165, 1.54) is 0 Å². The van der Waals surface area contributed by atoms with Crippen molar-refractivity contribution in [2.75, 3.05) is 6.54 Å². The Kier molecular flexibility index (Phi) is 4.77. The van der Waals surface area contributed by atoms with Crippen LogP contribution in [0.5, 0.6) is 0 Å². The number of carbonyl (C=O) groups excluding carboxylic acids is 1. The maximum absolute atomic E-state index is 12.3. The van der Waals surface area contributed by atoms with Gasteiger partial charge in [0.1, 0.15) is 0 Å². The highest BCUT2D eigenvalue weighted by molar-refractivity contribution is 5.96. The Bertz CT molecular complexity index is 626. The zero-order chi connectivity index (χ0) is 15.4. The molecule has 0 spiro atoms. The largest absolute Gasteiger partial charge is 0.352 e. The number of amides is 1. The molecule has 0 aliphatic heterocycles. The van der Waals surface area contributed by atoms with E-state index in [1.807, 2.05) is 43.1 Å². The number of rotatable bonds is 6. The quantitative estimate of drug-likeness (QED) is 0.825. The van der Waals surface area contributed by atoms with Crippen molar-refractivity contribution < 1.29 is 4.79 Å². The van der Waals surface area contributed by atoms with E-state index in [-0.39, 0.29) is 5.91 Å². The third kappa shape index (κ3) is 3.32. The molecular formula is C15H23N5O. The molecular weight excluding hydrogens is 266 g/mol. The summed E-state index contributed by atoms with van der Waals surface area (Å²) in [6.45, 7) is 10.1. The van der Waals surface area contributed by atoms with Gasteiger partial charge in [0.2, 0.25) is 0 Å². The van der Waals surface area contributed by atoms with E-state index in [2.05, 4.69) is 15.5 Å². The van der Waals surface area contributed by atoms with Gasteiger partial charge in [0.15, 0.2) is 0 Å². The Labute approximate surface area is 125 Å². The summed E-state index contributed by atoms with van der Waals surface area (Å²) in [5, 5.41) is 11.6. The lowest BCUT2D eigenvalue weighted by Crippen LogP contribution is -2.26. The lowest BCUT2D eigenvalue weighted by Gasteiger charge is -2.07. The summed E-state index contributed by atoms with van der Waals surface area (Å²) in [5.41, 5.74) is 3.55. The maximum atomic E-state index is 12.3. The Morgan fingerprint density at radius 3 is 2.62 bits per heavy atom. The van der Waals surface area contributed by atoms with Gasteiger partial charge in [-0.25, -0.2) is 0 Å². The minimum absolute atomic E-state index is 0.0399. The zero-order valence-corrected chi connectivity index (χ0v) is 13.2. The summed E-state index contributed by atoms with van der Waals surface area (Å²) in [6, 6.07) is 1.98. The van der Waals surface area contributed by atoms with Gasteiger partial charge in [0.05, 0.1) is 11.3 Å². The highest BCUT2D eigenvalue weighted by Gasteiger charge is 2.17. The molecule has 0 unspecified atom stereocenters. The topological polar surface area (TPSA) is 64.7 Å². The van der Waals surface area contributed by atoms with Crippen molar-refractivity contribution in [3.63, 3.8) is 0 Å². The molecule has 6 heteroatoms. The van der Waals surface area contributed by atoms with Crippen LogP contribution in [0.4, 0.5) is 0 Å². The van der Waals surface area contributed by atoms with Gasteiger partial charge in [-0.1, -0.05) is 0 Å². The molecule has 0 radical (unpaired) electrons. The first kappa shape index (κ1) is 15.3. The number of hydrogen-bond donors (Lipinski definition) is 1. The average Bonchev–Trinajstić information content (AvgIpc) is 2.98. The van der Waals surface area contributed by atoms with E-state index in [0.29, 0.717) is 12.1 Å². The minimum Gasteiger partial charge on any atom is -0.352 e. The van der Waals surface area contributed by atoms with Crippen molar-refractivity contribution in [2.24, 2.45) is 0 Å². The Balaban J connectivity index is 1.88. The first-order valence-corrected chi connectivity index (χ1v) is 7.35. The van der Waals surface area contributed by atoms with E-state index in [1.54, 1.807) is 6.20 Å². The number of carbonyl (C=O) groups is 1. The summed E-state index contributed by atoms with van der Waals surface area (Å²) in [7, 11) is 0. The summed E-state index contributed by atoms with van der Waals surface area (Å²) in [6.07, 6.45) is 2.65. The SMILES string of the molecule is CCn1nc(C)c(C(=O)NCCCn2nccc2C)c1C. The van der Waals surface area contributed by atoms with Crippen LogP contribution in [0.2, 0.25) is 0 Å². The molecule has 114 valence electrons. The third-order valence-electron chi connectivity index (χ3n) is 3.67. The van der Waals surface area contributed by atoms with Crippen LogP contribution >= 0.6 is 0 Å². The Hall–Kier alpha value is -2.11. The molecule has 0 fully saturated rings. The lowest BCUT2D eigenvalue weighted by molar-refractivity contribution is 0.0951. The molecule has 1 N–H and O–H groups in total. The first-order valence-electron chi connectivity index (χ1n) is 7.35. The third-order valence-corrected chi connectivity index (χ3v) is 3.67. The highest BCUT2D eigenvalue weighted by atomic mass is 16.1. The fourth-order valence-electron chi connectivity index (χ4n) is 2.49. The fourth-order valence-corrected chi connectivity index (χ4v) is 2.49. The second-order valence-corrected chi connectivity index (χ2v) is 5.17. The van der Waals surface area contributed by atoms with E-state index < -0.39 is 0 Å². The molecule has 2 aromatic rings. The molecule has 0 saturated carbocycles. The smallest absolute Gasteiger partial charge is 0.255 e.